The molecule has 0 spiro atoms. The number of benzene rings is 2. The van der Waals surface area contributed by atoms with Crippen molar-refractivity contribution in [2.75, 3.05) is 18.5 Å². The zero-order valence-corrected chi connectivity index (χ0v) is 19.4. The van der Waals surface area contributed by atoms with E-state index in [1.807, 2.05) is 30.3 Å². The number of rotatable bonds is 7. The van der Waals surface area contributed by atoms with E-state index in [-0.39, 0.29) is 11.5 Å². The van der Waals surface area contributed by atoms with E-state index in [1.54, 1.807) is 10.6 Å². The Balaban J connectivity index is 1.13. The largest absolute Gasteiger partial charge is 0.486 e. The molecule has 0 radical (unpaired) electrons. The monoisotopic (exact) mass is 482 g/mol. The van der Waals surface area contributed by atoms with E-state index in [4.69, 9.17) is 21.7 Å². The lowest BCUT2D eigenvalue weighted by Gasteiger charge is -2.17. The fraction of sp³-hybridized carbons (Fsp3) is 0.304. The number of unbranched alkanes of at least 4 members (excludes halogenated alkanes) is 2. The first-order valence-electron chi connectivity index (χ1n) is 10.8. The van der Waals surface area contributed by atoms with Crippen LogP contribution in [0.2, 0.25) is 0 Å². The molecule has 2 aromatic heterocycles. The first kappa shape index (κ1) is 21.6. The molecule has 5 rings (SSSR count). The lowest BCUT2D eigenvalue weighted by atomic mass is 10.2. The third-order valence-corrected chi connectivity index (χ3v) is 6.73. The quantitative estimate of drug-likeness (QED) is 0.294. The third-order valence-electron chi connectivity index (χ3n) is 5.47. The Morgan fingerprint density at radius 3 is 2.79 bits per heavy atom. The lowest BCUT2D eigenvalue weighted by molar-refractivity contribution is -0.116. The summed E-state index contributed by atoms with van der Waals surface area (Å²) in [6.07, 6.45) is 2.67. The summed E-state index contributed by atoms with van der Waals surface area (Å²) in [5.41, 5.74) is 1.44. The van der Waals surface area contributed by atoms with Gasteiger partial charge in [0.1, 0.15) is 13.2 Å². The molecule has 0 saturated carbocycles. The summed E-state index contributed by atoms with van der Waals surface area (Å²) in [4.78, 5) is 32.6. The summed E-state index contributed by atoms with van der Waals surface area (Å²) in [7, 11) is 0. The minimum Gasteiger partial charge on any atom is -0.486 e. The minimum absolute atomic E-state index is 0.0773. The molecule has 1 aliphatic heterocycles. The Labute approximate surface area is 198 Å². The molecule has 33 heavy (non-hydrogen) atoms. The molecule has 0 atom stereocenters. The number of ether oxygens (including phenoxy) is 2. The van der Waals surface area contributed by atoms with Crippen LogP contribution < -0.4 is 20.3 Å². The van der Waals surface area contributed by atoms with Crippen LogP contribution in [-0.2, 0) is 11.3 Å². The highest BCUT2D eigenvalue weighted by Crippen LogP contribution is 2.37. The zero-order valence-electron chi connectivity index (χ0n) is 17.8. The van der Waals surface area contributed by atoms with Gasteiger partial charge in [0.2, 0.25) is 5.91 Å². The van der Waals surface area contributed by atoms with E-state index in [0.717, 1.165) is 28.6 Å². The zero-order chi connectivity index (χ0) is 22.8. The fourth-order valence-electron chi connectivity index (χ4n) is 3.83. The van der Waals surface area contributed by atoms with Crippen LogP contribution in [0.4, 0.5) is 5.13 Å². The molecule has 1 amide bonds. The molecule has 4 aromatic rings. The molecular formula is C23H22N4O4S2. The van der Waals surface area contributed by atoms with Crippen molar-refractivity contribution in [3.63, 3.8) is 0 Å². The van der Waals surface area contributed by atoms with Gasteiger partial charge in [0.25, 0.3) is 5.56 Å². The van der Waals surface area contributed by atoms with Crippen LogP contribution in [-0.4, -0.2) is 33.7 Å². The molecule has 170 valence electrons. The van der Waals surface area contributed by atoms with Crippen LogP contribution in [0.3, 0.4) is 0 Å². The topological polar surface area (TPSA) is 98.2 Å². The average molecular weight is 483 g/mol. The molecule has 0 bridgehead atoms. The highest BCUT2D eigenvalue weighted by Gasteiger charge is 2.16. The number of amides is 1. The SMILES string of the molecule is O=C(CCCCCn1c(=S)[nH]c2ccccc2c1=O)Nc1nc2cc3c(cc2s1)OCCO3. The number of hydrogen-bond acceptors (Lipinski definition) is 7. The van der Waals surface area contributed by atoms with Crippen molar-refractivity contribution >= 4 is 55.7 Å². The summed E-state index contributed by atoms with van der Waals surface area (Å²) in [5, 5.41) is 4.07. The van der Waals surface area contributed by atoms with Crippen molar-refractivity contribution in [2.24, 2.45) is 0 Å². The molecule has 0 fully saturated rings. The van der Waals surface area contributed by atoms with Gasteiger partial charge in [0, 0.05) is 25.1 Å². The summed E-state index contributed by atoms with van der Waals surface area (Å²) >= 11 is 6.76. The molecular weight excluding hydrogens is 460 g/mol. The lowest BCUT2D eigenvalue weighted by Crippen LogP contribution is -2.22. The van der Waals surface area contributed by atoms with Crippen molar-refractivity contribution in [3.05, 3.63) is 51.5 Å². The molecule has 2 aromatic carbocycles. The predicted molar refractivity (Wildman–Crippen MR) is 131 cm³/mol. The number of nitrogens with zero attached hydrogens (tertiary/aromatic N) is 2. The number of anilines is 1. The van der Waals surface area contributed by atoms with Gasteiger partial charge in [0.05, 0.1) is 21.1 Å². The van der Waals surface area contributed by atoms with Crippen LogP contribution in [0.15, 0.2) is 41.2 Å². The maximum absolute atomic E-state index is 12.7. The van der Waals surface area contributed by atoms with E-state index < -0.39 is 0 Å². The van der Waals surface area contributed by atoms with Gasteiger partial charge in [-0.15, -0.1) is 0 Å². The van der Waals surface area contributed by atoms with Gasteiger partial charge in [-0.1, -0.05) is 29.9 Å². The number of aromatic nitrogens is 3. The van der Waals surface area contributed by atoms with Gasteiger partial charge in [-0.05, 0) is 37.2 Å². The molecule has 10 heteroatoms. The molecule has 1 aliphatic rings. The second-order valence-corrected chi connectivity index (χ2v) is 9.19. The molecule has 3 heterocycles. The maximum Gasteiger partial charge on any atom is 0.262 e. The van der Waals surface area contributed by atoms with E-state index in [2.05, 4.69) is 15.3 Å². The number of thiazole rings is 1. The second kappa shape index (κ2) is 9.32. The number of carbonyl (C=O) groups excluding carboxylic acids is 1. The number of H-pyrrole nitrogens is 1. The Kier molecular flexibility index (Phi) is 6.10. The van der Waals surface area contributed by atoms with Gasteiger partial charge < -0.3 is 19.8 Å². The number of fused-ring (bicyclic) bond motifs is 3. The van der Waals surface area contributed by atoms with Gasteiger partial charge in [-0.25, -0.2) is 4.98 Å². The summed E-state index contributed by atoms with van der Waals surface area (Å²) in [6, 6.07) is 11.1. The standard InChI is InChI=1S/C23H22N4O4S2/c28-20(26-22-24-16-12-17-18(13-19(16)33-22)31-11-10-30-17)8-2-1-5-9-27-21(29)14-6-3-4-7-15(14)25-23(27)32/h3-4,6-7,12-13H,1-2,5,8-11H2,(H,25,32)(H,24,26,28). The van der Waals surface area contributed by atoms with Crippen LogP contribution in [0.25, 0.3) is 21.1 Å². The van der Waals surface area contributed by atoms with Crippen molar-refractivity contribution in [1.82, 2.24) is 14.5 Å². The Bertz CT molecular complexity index is 1410. The van der Waals surface area contributed by atoms with Gasteiger partial charge >= 0.3 is 0 Å². The Hall–Kier alpha value is -3.24. The van der Waals surface area contributed by atoms with Crippen LogP contribution >= 0.6 is 23.6 Å². The van der Waals surface area contributed by atoms with Gasteiger partial charge in [-0.2, -0.15) is 0 Å². The molecule has 0 saturated heterocycles. The van der Waals surface area contributed by atoms with E-state index in [9.17, 15) is 9.59 Å². The highest BCUT2D eigenvalue weighted by atomic mass is 32.1. The van der Waals surface area contributed by atoms with Crippen molar-refractivity contribution < 1.29 is 14.3 Å². The minimum atomic E-state index is -0.0830. The molecule has 2 N–H and O–H groups in total. The summed E-state index contributed by atoms with van der Waals surface area (Å²) in [5.74, 6) is 1.31. The van der Waals surface area contributed by atoms with Crippen molar-refractivity contribution in [3.8, 4) is 11.5 Å². The maximum atomic E-state index is 12.7. The van der Waals surface area contributed by atoms with Crippen LogP contribution in [0, 0.1) is 4.77 Å². The van der Waals surface area contributed by atoms with Crippen molar-refractivity contribution in [1.29, 1.82) is 0 Å². The van der Waals surface area contributed by atoms with Crippen LogP contribution in [0.5, 0.6) is 11.5 Å². The number of para-hydroxylation sites is 1. The number of nitrogens with one attached hydrogen (secondary N) is 2. The first-order valence-corrected chi connectivity index (χ1v) is 12.0. The van der Waals surface area contributed by atoms with Crippen LogP contribution in [0.1, 0.15) is 25.7 Å². The predicted octanol–water partition coefficient (Wildman–Crippen LogP) is 4.64. The Morgan fingerprint density at radius 2 is 1.94 bits per heavy atom. The highest BCUT2D eigenvalue weighted by molar-refractivity contribution is 7.71. The number of aromatic amines is 1. The van der Waals surface area contributed by atoms with Gasteiger partial charge in [-0.3, -0.25) is 14.2 Å². The smallest absolute Gasteiger partial charge is 0.262 e. The van der Waals surface area contributed by atoms with Crippen molar-refractivity contribution in [2.45, 2.75) is 32.2 Å². The normalized spacial score (nSPS) is 12.8. The van der Waals surface area contributed by atoms with E-state index >= 15 is 0 Å². The number of hydrogen-bond donors (Lipinski definition) is 2. The fourth-order valence-corrected chi connectivity index (χ4v) is 5.01. The van der Waals surface area contributed by atoms with E-state index in [0.29, 0.717) is 59.4 Å². The Morgan fingerprint density at radius 1 is 1.15 bits per heavy atom. The number of carbonyl (C=O) groups is 1. The molecule has 0 aliphatic carbocycles. The average Bonchev–Trinajstić information content (AvgIpc) is 3.19. The third kappa shape index (κ3) is 4.62. The summed E-state index contributed by atoms with van der Waals surface area (Å²) < 4.78 is 14.1. The van der Waals surface area contributed by atoms with Gasteiger partial charge in [0.15, 0.2) is 21.4 Å². The van der Waals surface area contributed by atoms with E-state index in [1.165, 1.54) is 11.3 Å². The molecule has 0 unspecified atom stereocenters. The second-order valence-electron chi connectivity index (χ2n) is 7.77. The molecule has 8 nitrogen and oxygen atoms in total. The summed E-state index contributed by atoms with van der Waals surface area (Å²) in [6.45, 7) is 1.57. The first-order chi connectivity index (χ1) is 16.1.